The average Bonchev–Trinajstić information content (AvgIpc) is 2.33. The van der Waals surface area contributed by atoms with Crippen molar-refractivity contribution in [1.29, 1.82) is 5.41 Å². The minimum absolute atomic E-state index is 0.208. The number of likely N-dealkylation sites (N-methyl/N-ethyl adjacent to an activating group) is 1. The van der Waals surface area contributed by atoms with Gasteiger partial charge in [-0.25, -0.2) is 0 Å². The second-order valence-corrected chi connectivity index (χ2v) is 5.50. The smallest absolute Gasteiger partial charge is 0.387 e. The molecule has 20 heavy (non-hydrogen) atoms. The van der Waals surface area contributed by atoms with Gasteiger partial charge in [0.15, 0.2) is 0 Å². The highest BCUT2D eigenvalue weighted by atomic mass is 19.4. The van der Waals surface area contributed by atoms with E-state index in [9.17, 15) is 13.2 Å². The Morgan fingerprint density at radius 3 is 2.10 bits per heavy atom. The number of amidine groups is 1. The predicted octanol–water partition coefficient (Wildman–Crippen LogP) is 0.280. The molecule has 0 aromatic rings. The summed E-state index contributed by atoms with van der Waals surface area (Å²) in [4.78, 5) is 6.07. The molecule has 5 nitrogen and oxygen atoms in total. The van der Waals surface area contributed by atoms with Crippen molar-refractivity contribution in [3.8, 4) is 0 Å². The molecule has 0 aliphatic carbocycles. The fourth-order valence-electron chi connectivity index (χ4n) is 2.17. The first-order chi connectivity index (χ1) is 9.20. The molecular weight excluding hydrogens is 271 g/mol. The van der Waals surface area contributed by atoms with E-state index in [1.165, 1.54) is 0 Å². The minimum atomic E-state index is -4.44. The van der Waals surface area contributed by atoms with Crippen LogP contribution >= 0.6 is 0 Å². The summed E-state index contributed by atoms with van der Waals surface area (Å²) in [5.74, 6) is -2.65. The van der Waals surface area contributed by atoms with Gasteiger partial charge < -0.3 is 10.6 Å². The third-order valence-corrected chi connectivity index (χ3v) is 3.54. The molecule has 0 bridgehead atoms. The van der Waals surface area contributed by atoms with E-state index in [1.54, 1.807) is 4.90 Å². The summed E-state index contributed by atoms with van der Waals surface area (Å²) in [6, 6.07) is 0. The lowest BCUT2D eigenvalue weighted by molar-refractivity contribution is -0.160. The largest absolute Gasteiger partial charge is 0.399 e. The van der Waals surface area contributed by atoms with Crippen LogP contribution in [0.1, 0.15) is 0 Å². The Hall–Kier alpha value is -0.860. The van der Waals surface area contributed by atoms with Gasteiger partial charge in [-0.15, -0.1) is 0 Å². The Morgan fingerprint density at radius 2 is 1.70 bits per heavy atom. The van der Waals surface area contributed by atoms with E-state index in [4.69, 9.17) is 11.1 Å². The Bertz CT molecular complexity index is 311. The van der Waals surface area contributed by atoms with Crippen molar-refractivity contribution >= 4 is 5.84 Å². The van der Waals surface area contributed by atoms with Crippen molar-refractivity contribution < 1.29 is 13.2 Å². The van der Waals surface area contributed by atoms with E-state index in [-0.39, 0.29) is 6.54 Å². The summed E-state index contributed by atoms with van der Waals surface area (Å²) in [5, 5.41) is 7.09. The van der Waals surface area contributed by atoms with E-state index >= 15 is 0 Å². The molecule has 0 aromatic heterocycles. The van der Waals surface area contributed by atoms with Gasteiger partial charge in [0.2, 0.25) is 0 Å². The van der Waals surface area contributed by atoms with Gasteiger partial charge in [-0.2, -0.15) is 13.2 Å². The van der Waals surface area contributed by atoms with Crippen molar-refractivity contribution in [1.82, 2.24) is 14.7 Å². The molecule has 1 aliphatic heterocycles. The van der Waals surface area contributed by atoms with Gasteiger partial charge in [-0.1, -0.05) is 0 Å². The number of rotatable bonds is 6. The molecule has 0 amide bonds. The third kappa shape index (κ3) is 5.64. The molecule has 1 aliphatic rings. The molecule has 1 unspecified atom stereocenters. The molecule has 118 valence electrons. The SMILES string of the molecule is CN(C)CCN1CCN(CC(C(=N)N)C(F)(F)F)CC1. The first-order valence-electron chi connectivity index (χ1n) is 6.70. The molecular formula is C12H24F3N5. The molecule has 0 aromatic carbocycles. The van der Waals surface area contributed by atoms with Crippen molar-refractivity contribution in [2.75, 3.05) is 59.9 Å². The number of nitrogens with two attached hydrogens (primary N) is 1. The van der Waals surface area contributed by atoms with E-state index in [0.717, 1.165) is 26.2 Å². The summed E-state index contributed by atoms with van der Waals surface area (Å²) in [6.45, 7) is 4.36. The fourth-order valence-corrected chi connectivity index (χ4v) is 2.17. The van der Waals surface area contributed by atoms with Crippen molar-refractivity contribution in [2.24, 2.45) is 11.7 Å². The van der Waals surface area contributed by atoms with E-state index in [2.05, 4.69) is 9.80 Å². The highest BCUT2D eigenvalue weighted by Crippen LogP contribution is 2.27. The van der Waals surface area contributed by atoms with Crippen LogP contribution in [0.25, 0.3) is 0 Å². The summed E-state index contributed by atoms with van der Waals surface area (Å²) >= 11 is 0. The van der Waals surface area contributed by atoms with Crippen LogP contribution in [0.4, 0.5) is 13.2 Å². The van der Waals surface area contributed by atoms with Crippen LogP contribution in [-0.2, 0) is 0 Å². The monoisotopic (exact) mass is 295 g/mol. The van der Waals surface area contributed by atoms with Crippen LogP contribution in [0.15, 0.2) is 0 Å². The Balaban J connectivity index is 2.39. The molecule has 0 spiro atoms. The lowest BCUT2D eigenvalue weighted by Crippen LogP contribution is -2.52. The fraction of sp³-hybridized carbons (Fsp3) is 0.917. The first-order valence-corrected chi connectivity index (χ1v) is 6.70. The van der Waals surface area contributed by atoms with Crippen LogP contribution < -0.4 is 5.73 Å². The summed E-state index contributed by atoms with van der Waals surface area (Å²) in [7, 11) is 3.99. The number of hydrogen-bond acceptors (Lipinski definition) is 4. The van der Waals surface area contributed by atoms with Crippen LogP contribution in [-0.4, -0.2) is 86.6 Å². The topological polar surface area (TPSA) is 59.6 Å². The predicted molar refractivity (Wildman–Crippen MR) is 72.9 cm³/mol. The first kappa shape index (κ1) is 17.2. The van der Waals surface area contributed by atoms with Gasteiger partial charge in [0, 0.05) is 45.8 Å². The molecule has 1 saturated heterocycles. The number of piperazine rings is 1. The standard InChI is InChI=1S/C12H24F3N5/c1-18(2)3-4-19-5-7-20(8-6-19)9-10(11(16)17)12(13,14)15/h10H,3-9H2,1-2H3,(H3,16,17). The van der Waals surface area contributed by atoms with Gasteiger partial charge in [0.05, 0.1) is 0 Å². The van der Waals surface area contributed by atoms with E-state index in [1.807, 2.05) is 14.1 Å². The Labute approximate surface area is 118 Å². The number of hydrogen-bond donors (Lipinski definition) is 2. The zero-order chi connectivity index (χ0) is 15.3. The molecule has 3 N–H and O–H groups in total. The van der Waals surface area contributed by atoms with E-state index < -0.39 is 17.9 Å². The quantitative estimate of drug-likeness (QED) is 0.546. The lowest BCUT2D eigenvalue weighted by Gasteiger charge is -2.36. The van der Waals surface area contributed by atoms with Crippen molar-refractivity contribution in [3.63, 3.8) is 0 Å². The van der Waals surface area contributed by atoms with Crippen molar-refractivity contribution in [2.45, 2.75) is 6.18 Å². The van der Waals surface area contributed by atoms with Gasteiger partial charge in [0.25, 0.3) is 0 Å². The average molecular weight is 295 g/mol. The number of nitrogens with zero attached hydrogens (tertiary/aromatic N) is 3. The Morgan fingerprint density at radius 1 is 1.20 bits per heavy atom. The molecule has 8 heteroatoms. The van der Waals surface area contributed by atoms with Crippen LogP contribution in [0.3, 0.4) is 0 Å². The third-order valence-electron chi connectivity index (χ3n) is 3.54. The zero-order valence-electron chi connectivity index (χ0n) is 12.1. The molecule has 0 radical (unpaired) electrons. The molecule has 1 heterocycles. The lowest BCUT2D eigenvalue weighted by atomic mass is 10.1. The minimum Gasteiger partial charge on any atom is -0.387 e. The zero-order valence-corrected chi connectivity index (χ0v) is 12.1. The maximum atomic E-state index is 12.7. The second-order valence-electron chi connectivity index (χ2n) is 5.50. The second kappa shape index (κ2) is 7.24. The van der Waals surface area contributed by atoms with Crippen LogP contribution in [0, 0.1) is 11.3 Å². The van der Waals surface area contributed by atoms with Crippen LogP contribution in [0.2, 0.25) is 0 Å². The van der Waals surface area contributed by atoms with Gasteiger partial charge in [0.1, 0.15) is 11.8 Å². The molecule has 1 atom stereocenters. The maximum absolute atomic E-state index is 12.7. The summed E-state index contributed by atoms with van der Waals surface area (Å²) in [5.41, 5.74) is 5.07. The normalized spacial score (nSPS) is 20.3. The number of nitrogens with one attached hydrogen (secondary N) is 1. The van der Waals surface area contributed by atoms with Gasteiger partial charge in [-0.3, -0.25) is 15.2 Å². The number of halogens is 3. The molecule has 1 rings (SSSR count). The van der Waals surface area contributed by atoms with Gasteiger partial charge in [-0.05, 0) is 14.1 Å². The van der Waals surface area contributed by atoms with Crippen molar-refractivity contribution in [3.05, 3.63) is 0 Å². The highest BCUT2D eigenvalue weighted by molar-refractivity contribution is 5.80. The Kier molecular flexibility index (Phi) is 6.22. The van der Waals surface area contributed by atoms with Gasteiger partial charge >= 0.3 is 6.18 Å². The summed E-state index contributed by atoms with van der Waals surface area (Å²) < 4.78 is 38.2. The van der Waals surface area contributed by atoms with Crippen LogP contribution in [0.5, 0.6) is 0 Å². The number of alkyl halides is 3. The highest BCUT2D eigenvalue weighted by Gasteiger charge is 2.43. The summed E-state index contributed by atoms with van der Waals surface area (Å²) in [6.07, 6.45) is -4.44. The van der Waals surface area contributed by atoms with E-state index in [0.29, 0.717) is 13.1 Å². The molecule has 0 saturated carbocycles. The maximum Gasteiger partial charge on any atom is 0.399 e. The molecule has 1 fully saturated rings.